The molecule has 1 aromatic rings. The highest BCUT2D eigenvalue weighted by atomic mass is 32.2. The number of carboxylic acids is 1. The summed E-state index contributed by atoms with van der Waals surface area (Å²) in [6.07, 6.45) is -0.112. The highest BCUT2D eigenvalue weighted by molar-refractivity contribution is 8.00. The lowest BCUT2D eigenvalue weighted by molar-refractivity contribution is -0.387. The maximum atomic E-state index is 11.0. The van der Waals surface area contributed by atoms with E-state index in [-0.39, 0.29) is 22.9 Å². The molecule has 1 rings (SSSR count). The molecule has 0 saturated heterocycles. The number of rotatable bonds is 6. The maximum absolute atomic E-state index is 11.0. The van der Waals surface area contributed by atoms with Gasteiger partial charge < -0.3 is 10.8 Å². The first-order valence-corrected chi connectivity index (χ1v) is 6.16. The van der Waals surface area contributed by atoms with Crippen LogP contribution in [0.15, 0.2) is 23.1 Å². The van der Waals surface area contributed by atoms with Crippen molar-refractivity contribution in [1.29, 1.82) is 0 Å². The highest BCUT2D eigenvalue weighted by Gasteiger charge is 2.19. The normalized spacial score (nSPS) is 11.8. The minimum Gasteiger partial charge on any atom is -0.481 e. The number of hydrogen-bond acceptors (Lipinski definition) is 5. The number of amides is 1. The number of carboxylic acid groups (broad SMARTS) is 1. The van der Waals surface area contributed by atoms with E-state index in [0.717, 1.165) is 17.8 Å². The van der Waals surface area contributed by atoms with Crippen LogP contribution in [0, 0.1) is 10.1 Å². The zero-order valence-corrected chi connectivity index (χ0v) is 10.8. The second kappa shape index (κ2) is 6.19. The standard InChI is InChI=1S/C11H12N2O5S/c1-6(4-10(14)15)19-9-3-2-7(11(12)16)5-8(9)13(17)18/h2-3,5-6H,4H2,1H3,(H2,12,16)(H,14,15). The lowest BCUT2D eigenvalue weighted by atomic mass is 10.2. The van der Waals surface area contributed by atoms with Gasteiger partial charge in [-0.2, -0.15) is 0 Å². The Balaban J connectivity index is 3.03. The summed E-state index contributed by atoms with van der Waals surface area (Å²) in [6, 6.07) is 3.88. The summed E-state index contributed by atoms with van der Waals surface area (Å²) in [7, 11) is 0. The lowest BCUT2D eigenvalue weighted by Crippen LogP contribution is -2.11. The van der Waals surface area contributed by atoms with E-state index in [9.17, 15) is 19.7 Å². The van der Waals surface area contributed by atoms with Gasteiger partial charge in [0.2, 0.25) is 5.91 Å². The van der Waals surface area contributed by atoms with E-state index in [0.29, 0.717) is 4.90 Å². The monoisotopic (exact) mass is 284 g/mol. The first kappa shape index (κ1) is 15.0. The molecule has 0 saturated carbocycles. The molecular weight excluding hydrogens is 272 g/mol. The van der Waals surface area contributed by atoms with Gasteiger partial charge in [-0.1, -0.05) is 6.92 Å². The zero-order valence-electron chi connectivity index (χ0n) is 10.0. The molecule has 1 atom stereocenters. The Kier molecular flexibility index (Phi) is 4.87. The fourth-order valence-electron chi connectivity index (χ4n) is 1.42. The summed E-state index contributed by atoms with van der Waals surface area (Å²) in [5.74, 6) is -1.73. The molecule has 0 aromatic heterocycles. The molecular formula is C11H12N2O5S. The lowest BCUT2D eigenvalue weighted by Gasteiger charge is -2.09. The average Bonchev–Trinajstić information content (AvgIpc) is 2.27. The number of benzene rings is 1. The van der Waals surface area contributed by atoms with E-state index in [1.807, 2.05) is 0 Å². The predicted molar refractivity (Wildman–Crippen MR) is 69.2 cm³/mol. The Morgan fingerprint density at radius 2 is 2.16 bits per heavy atom. The van der Waals surface area contributed by atoms with Crippen LogP contribution in [0.5, 0.6) is 0 Å². The summed E-state index contributed by atoms with van der Waals surface area (Å²) >= 11 is 1.07. The number of thioether (sulfide) groups is 1. The second-order valence-electron chi connectivity index (χ2n) is 3.83. The number of nitrogens with zero attached hydrogens (tertiary/aromatic N) is 1. The smallest absolute Gasteiger partial charge is 0.304 e. The van der Waals surface area contributed by atoms with Gasteiger partial charge in [-0.15, -0.1) is 11.8 Å². The molecule has 0 bridgehead atoms. The predicted octanol–water partition coefficient (Wildman–Crippen LogP) is 1.65. The largest absolute Gasteiger partial charge is 0.481 e. The van der Waals surface area contributed by atoms with Crippen LogP contribution in [0.4, 0.5) is 5.69 Å². The van der Waals surface area contributed by atoms with Crippen LogP contribution < -0.4 is 5.73 Å². The topological polar surface area (TPSA) is 124 Å². The Labute approximate surface area is 112 Å². The number of carbonyl (C=O) groups is 2. The quantitative estimate of drug-likeness (QED) is 0.465. The summed E-state index contributed by atoms with van der Waals surface area (Å²) in [6.45, 7) is 1.66. The molecule has 0 spiro atoms. The van der Waals surface area contributed by atoms with Crippen molar-refractivity contribution in [2.24, 2.45) is 5.73 Å². The van der Waals surface area contributed by atoms with Gasteiger partial charge in [0.1, 0.15) is 0 Å². The number of aliphatic carboxylic acids is 1. The Morgan fingerprint density at radius 3 is 2.63 bits per heavy atom. The van der Waals surface area contributed by atoms with Gasteiger partial charge in [-0.3, -0.25) is 19.7 Å². The number of nitro groups is 1. The van der Waals surface area contributed by atoms with Crippen LogP contribution >= 0.6 is 11.8 Å². The van der Waals surface area contributed by atoms with Crippen molar-refractivity contribution in [3.63, 3.8) is 0 Å². The van der Waals surface area contributed by atoms with E-state index in [4.69, 9.17) is 10.8 Å². The SMILES string of the molecule is CC(CC(=O)O)Sc1ccc(C(N)=O)cc1[N+](=O)[O-]. The maximum Gasteiger partial charge on any atom is 0.304 e. The molecule has 0 aliphatic rings. The van der Waals surface area contributed by atoms with Crippen molar-refractivity contribution in [2.75, 3.05) is 0 Å². The first-order valence-electron chi connectivity index (χ1n) is 5.28. The molecule has 8 heteroatoms. The summed E-state index contributed by atoms with van der Waals surface area (Å²) in [5.41, 5.74) is 4.85. The summed E-state index contributed by atoms with van der Waals surface area (Å²) < 4.78 is 0. The molecule has 0 fully saturated rings. The van der Waals surface area contributed by atoms with Gasteiger partial charge >= 0.3 is 5.97 Å². The Hall–Kier alpha value is -2.09. The fourth-order valence-corrected chi connectivity index (χ4v) is 2.48. The van der Waals surface area contributed by atoms with E-state index >= 15 is 0 Å². The van der Waals surface area contributed by atoms with Crippen LogP contribution in [-0.2, 0) is 4.79 Å². The molecule has 1 aromatic carbocycles. The van der Waals surface area contributed by atoms with Crippen molar-refractivity contribution >= 4 is 29.3 Å². The van der Waals surface area contributed by atoms with Gasteiger partial charge in [0.15, 0.2) is 0 Å². The van der Waals surface area contributed by atoms with Crippen LogP contribution in [0.1, 0.15) is 23.7 Å². The fraction of sp³-hybridized carbons (Fsp3) is 0.273. The van der Waals surface area contributed by atoms with Crippen LogP contribution in [0.25, 0.3) is 0 Å². The van der Waals surface area contributed by atoms with E-state index in [2.05, 4.69) is 0 Å². The zero-order chi connectivity index (χ0) is 14.6. The second-order valence-corrected chi connectivity index (χ2v) is 5.31. The number of carbonyl (C=O) groups excluding carboxylic acids is 1. The van der Waals surface area contributed by atoms with Gasteiger partial charge in [-0.05, 0) is 12.1 Å². The molecule has 19 heavy (non-hydrogen) atoms. The van der Waals surface area contributed by atoms with Crippen molar-refractivity contribution in [3.8, 4) is 0 Å². The number of primary amides is 1. The van der Waals surface area contributed by atoms with Crippen molar-refractivity contribution in [2.45, 2.75) is 23.5 Å². The van der Waals surface area contributed by atoms with Crippen LogP contribution in [0.2, 0.25) is 0 Å². The average molecular weight is 284 g/mol. The molecule has 102 valence electrons. The molecule has 0 aliphatic heterocycles. The molecule has 0 aliphatic carbocycles. The van der Waals surface area contributed by atoms with Crippen molar-refractivity contribution in [1.82, 2.24) is 0 Å². The molecule has 3 N–H and O–H groups in total. The first-order chi connectivity index (χ1) is 8.81. The number of nitro benzene ring substituents is 1. The van der Waals surface area contributed by atoms with E-state index in [1.165, 1.54) is 12.1 Å². The number of nitrogens with two attached hydrogens (primary N) is 1. The molecule has 1 amide bonds. The van der Waals surface area contributed by atoms with E-state index < -0.39 is 16.8 Å². The summed E-state index contributed by atoms with van der Waals surface area (Å²) in [4.78, 5) is 32.1. The number of hydrogen-bond donors (Lipinski definition) is 2. The van der Waals surface area contributed by atoms with Crippen LogP contribution in [-0.4, -0.2) is 27.2 Å². The molecule has 0 radical (unpaired) electrons. The third-order valence-electron chi connectivity index (χ3n) is 2.23. The minimum atomic E-state index is -0.976. The Morgan fingerprint density at radius 1 is 1.53 bits per heavy atom. The molecule has 1 unspecified atom stereocenters. The van der Waals surface area contributed by atoms with Crippen molar-refractivity contribution in [3.05, 3.63) is 33.9 Å². The van der Waals surface area contributed by atoms with Gasteiger partial charge in [-0.25, -0.2) is 0 Å². The highest BCUT2D eigenvalue weighted by Crippen LogP contribution is 2.33. The van der Waals surface area contributed by atoms with E-state index in [1.54, 1.807) is 6.92 Å². The van der Waals surface area contributed by atoms with Gasteiger partial charge in [0.25, 0.3) is 5.69 Å². The van der Waals surface area contributed by atoms with Crippen LogP contribution in [0.3, 0.4) is 0 Å². The Bertz CT molecular complexity index is 532. The third kappa shape index (κ3) is 4.25. The summed E-state index contributed by atoms with van der Waals surface area (Å²) in [5, 5.41) is 19.2. The minimum absolute atomic E-state index is 0.0435. The van der Waals surface area contributed by atoms with Gasteiger partial charge in [0, 0.05) is 16.9 Å². The molecule has 7 nitrogen and oxygen atoms in total. The third-order valence-corrected chi connectivity index (χ3v) is 3.40. The van der Waals surface area contributed by atoms with Crippen molar-refractivity contribution < 1.29 is 19.6 Å². The van der Waals surface area contributed by atoms with Gasteiger partial charge in [0.05, 0.1) is 16.2 Å². The molecule has 0 heterocycles.